The highest BCUT2D eigenvalue weighted by atomic mass is 35.5. The first-order valence-corrected chi connectivity index (χ1v) is 10.6. The van der Waals surface area contributed by atoms with E-state index < -0.39 is 0 Å². The summed E-state index contributed by atoms with van der Waals surface area (Å²) in [5.41, 5.74) is 1.08. The summed E-state index contributed by atoms with van der Waals surface area (Å²) in [6.45, 7) is 1.69. The predicted molar refractivity (Wildman–Crippen MR) is 115 cm³/mol. The zero-order valence-electron chi connectivity index (χ0n) is 17.2. The molecule has 31 heavy (non-hydrogen) atoms. The average molecular weight is 446 g/mol. The van der Waals surface area contributed by atoms with Crippen molar-refractivity contribution in [3.63, 3.8) is 0 Å². The number of rotatable bonds is 6. The van der Waals surface area contributed by atoms with Crippen LogP contribution in [0.5, 0.6) is 11.6 Å². The van der Waals surface area contributed by atoms with Gasteiger partial charge in [0, 0.05) is 37.7 Å². The maximum Gasteiger partial charge on any atom is 0.253 e. The molecule has 1 aromatic heterocycles. The fourth-order valence-electron chi connectivity index (χ4n) is 3.67. The second kappa shape index (κ2) is 9.53. The van der Waals surface area contributed by atoms with E-state index in [2.05, 4.69) is 10.3 Å². The number of benzene rings is 1. The summed E-state index contributed by atoms with van der Waals surface area (Å²) in [7, 11) is 1.59. The minimum absolute atomic E-state index is 0.00636. The molecule has 4 rings (SSSR count). The second-order valence-corrected chi connectivity index (χ2v) is 7.92. The molecule has 0 spiro atoms. The lowest BCUT2D eigenvalue weighted by atomic mass is 10.1. The van der Waals surface area contributed by atoms with Crippen molar-refractivity contribution in [3.05, 3.63) is 47.1 Å². The van der Waals surface area contributed by atoms with Crippen LogP contribution in [0.1, 0.15) is 29.6 Å². The third-order valence-electron chi connectivity index (χ3n) is 5.36. The number of methoxy groups -OCH3 is 1. The summed E-state index contributed by atoms with van der Waals surface area (Å²) in [6, 6.07) is 8.47. The molecule has 0 bridgehead atoms. The first kappa shape index (κ1) is 21.4. The summed E-state index contributed by atoms with van der Waals surface area (Å²) in [5.74, 6) is 0.647. The zero-order valence-corrected chi connectivity index (χ0v) is 17.9. The Kier molecular flexibility index (Phi) is 6.58. The van der Waals surface area contributed by atoms with Crippen LogP contribution in [-0.2, 0) is 9.53 Å². The van der Waals surface area contributed by atoms with Gasteiger partial charge in [0.15, 0.2) is 0 Å². The van der Waals surface area contributed by atoms with Crippen LogP contribution in [0, 0.1) is 0 Å². The minimum atomic E-state index is -0.332. The van der Waals surface area contributed by atoms with Crippen molar-refractivity contribution >= 4 is 29.1 Å². The van der Waals surface area contributed by atoms with Crippen molar-refractivity contribution < 1.29 is 23.8 Å². The van der Waals surface area contributed by atoms with Crippen LogP contribution in [0.15, 0.2) is 36.5 Å². The maximum absolute atomic E-state index is 12.7. The van der Waals surface area contributed by atoms with Crippen molar-refractivity contribution in [1.82, 2.24) is 10.3 Å². The highest BCUT2D eigenvalue weighted by molar-refractivity contribution is 6.32. The number of halogens is 1. The molecule has 2 saturated heterocycles. The second-order valence-electron chi connectivity index (χ2n) is 7.52. The molecule has 0 aliphatic carbocycles. The van der Waals surface area contributed by atoms with Gasteiger partial charge in [-0.25, -0.2) is 4.98 Å². The SMILES string of the molecule is COc1ccc(N2CC(NC(=O)c3cnc(OC4CCOCC4)c(Cl)c3)CC2=O)cc1. The number of amides is 2. The number of hydrogen-bond donors (Lipinski definition) is 1. The van der Waals surface area contributed by atoms with Crippen LogP contribution < -0.4 is 19.7 Å². The topological polar surface area (TPSA) is 90.0 Å². The number of nitrogens with zero attached hydrogens (tertiary/aromatic N) is 2. The molecular formula is C22H24ClN3O5. The number of carbonyl (C=O) groups is 2. The number of carbonyl (C=O) groups excluding carboxylic acids is 2. The van der Waals surface area contributed by atoms with E-state index >= 15 is 0 Å². The molecule has 1 unspecified atom stereocenters. The van der Waals surface area contributed by atoms with E-state index in [1.807, 2.05) is 12.1 Å². The molecule has 0 radical (unpaired) electrons. The number of nitrogens with one attached hydrogen (secondary N) is 1. The molecule has 2 aliphatic heterocycles. The molecule has 2 fully saturated rings. The third kappa shape index (κ3) is 5.08. The zero-order chi connectivity index (χ0) is 21.8. The van der Waals surface area contributed by atoms with Crippen LogP contribution in [0.25, 0.3) is 0 Å². The van der Waals surface area contributed by atoms with E-state index in [0.29, 0.717) is 37.0 Å². The summed E-state index contributed by atoms with van der Waals surface area (Å²) < 4.78 is 16.3. The van der Waals surface area contributed by atoms with E-state index in [4.69, 9.17) is 25.8 Å². The van der Waals surface area contributed by atoms with Crippen molar-refractivity contribution in [1.29, 1.82) is 0 Å². The van der Waals surface area contributed by atoms with E-state index in [1.54, 1.807) is 24.1 Å². The average Bonchev–Trinajstić information content (AvgIpc) is 3.15. The van der Waals surface area contributed by atoms with E-state index in [1.165, 1.54) is 12.3 Å². The number of anilines is 1. The largest absolute Gasteiger partial charge is 0.497 e. The highest BCUT2D eigenvalue weighted by Gasteiger charge is 2.32. The van der Waals surface area contributed by atoms with Gasteiger partial charge in [0.2, 0.25) is 11.8 Å². The Morgan fingerprint density at radius 2 is 2.00 bits per heavy atom. The van der Waals surface area contributed by atoms with E-state index in [-0.39, 0.29) is 35.4 Å². The molecule has 1 N–H and O–H groups in total. The van der Waals surface area contributed by atoms with Crippen molar-refractivity contribution in [2.75, 3.05) is 31.8 Å². The quantitative estimate of drug-likeness (QED) is 0.735. The first-order chi connectivity index (χ1) is 15.0. The van der Waals surface area contributed by atoms with E-state index in [9.17, 15) is 9.59 Å². The number of hydrogen-bond acceptors (Lipinski definition) is 6. The summed E-state index contributed by atoms with van der Waals surface area (Å²) in [5, 5.41) is 3.17. The number of pyridine rings is 1. The molecule has 0 saturated carbocycles. The standard InChI is InChI=1S/C22H24ClN3O5/c1-29-17-4-2-16(3-5-17)26-13-15(11-20(26)27)25-21(28)14-10-19(23)22(24-12-14)31-18-6-8-30-9-7-18/h2-5,10,12,15,18H,6-9,11,13H2,1H3,(H,25,28). The molecule has 1 aromatic carbocycles. The Hall–Kier alpha value is -2.84. The Bertz CT molecular complexity index is 947. The predicted octanol–water partition coefficient (Wildman–Crippen LogP) is 2.84. The van der Waals surface area contributed by atoms with Crippen LogP contribution >= 0.6 is 11.6 Å². The fraction of sp³-hybridized carbons (Fsp3) is 0.409. The molecule has 3 heterocycles. The monoisotopic (exact) mass is 445 g/mol. The van der Waals surface area contributed by atoms with Crippen LogP contribution in [-0.4, -0.2) is 55.8 Å². The lowest BCUT2D eigenvalue weighted by Gasteiger charge is -2.23. The van der Waals surface area contributed by atoms with Gasteiger partial charge < -0.3 is 24.4 Å². The Labute approximate surface area is 185 Å². The van der Waals surface area contributed by atoms with Crippen molar-refractivity contribution in [2.24, 2.45) is 0 Å². The normalized spacial score (nSPS) is 19.4. The van der Waals surface area contributed by atoms with Crippen molar-refractivity contribution in [2.45, 2.75) is 31.4 Å². The molecule has 2 aliphatic rings. The summed E-state index contributed by atoms with van der Waals surface area (Å²) in [6.07, 6.45) is 3.23. The number of aromatic nitrogens is 1. The van der Waals surface area contributed by atoms with Gasteiger partial charge in [0.25, 0.3) is 5.91 Å². The van der Waals surface area contributed by atoms with Gasteiger partial charge >= 0.3 is 0 Å². The minimum Gasteiger partial charge on any atom is -0.497 e. The molecule has 164 valence electrons. The van der Waals surface area contributed by atoms with Gasteiger partial charge in [-0.1, -0.05) is 11.6 Å². The van der Waals surface area contributed by atoms with E-state index in [0.717, 1.165) is 18.5 Å². The van der Waals surface area contributed by atoms with Gasteiger partial charge in [-0.3, -0.25) is 9.59 Å². The molecular weight excluding hydrogens is 422 g/mol. The van der Waals surface area contributed by atoms with Crippen LogP contribution in [0.2, 0.25) is 5.02 Å². The highest BCUT2D eigenvalue weighted by Crippen LogP contribution is 2.27. The lowest BCUT2D eigenvalue weighted by molar-refractivity contribution is -0.117. The van der Waals surface area contributed by atoms with Gasteiger partial charge in [0.05, 0.1) is 31.9 Å². The van der Waals surface area contributed by atoms with Gasteiger partial charge in [-0.2, -0.15) is 0 Å². The Balaban J connectivity index is 1.36. The maximum atomic E-state index is 12.7. The molecule has 1 atom stereocenters. The Morgan fingerprint density at radius 3 is 2.68 bits per heavy atom. The summed E-state index contributed by atoms with van der Waals surface area (Å²) in [4.78, 5) is 31.0. The molecule has 8 nitrogen and oxygen atoms in total. The Morgan fingerprint density at radius 1 is 1.26 bits per heavy atom. The van der Waals surface area contributed by atoms with Gasteiger partial charge in [0.1, 0.15) is 16.9 Å². The third-order valence-corrected chi connectivity index (χ3v) is 5.63. The first-order valence-electron chi connectivity index (χ1n) is 10.2. The van der Waals surface area contributed by atoms with Crippen molar-refractivity contribution in [3.8, 4) is 11.6 Å². The lowest BCUT2D eigenvalue weighted by Crippen LogP contribution is -2.37. The summed E-state index contributed by atoms with van der Waals surface area (Å²) >= 11 is 6.29. The van der Waals surface area contributed by atoms with Crippen LogP contribution in [0.3, 0.4) is 0 Å². The van der Waals surface area contributed by atoms with Gasteiger partial charge in [-0.15, -0.1) is 0 Å². The van der Waals surface area contributed by atoms with Gasteiger partial charge in [-0.05, 0) is 30.3 Å². The molecule has 2 aromatic rings. The molecule has 9 heteroatoms. The number of ether oxygens (including phenoxy) is 3. The fourth-order valence-corrected chi connectivity index (χ4v) is 3.88. The van der Waals surface area contributed by atoms with Crippen LogP contribution in [0.4, 0.5) is 5.69 Å². The molecule has 2 amide bonds. The smallest absolute Gasteiger partial charge is 0.253 e.